The van der Waals surface area contributed by atoms with E-state index in [0.717, 1.165) is 16.3 Å². The standard InChI is InChI=1S/C24H16N4O2/c29-23(19-12-5-8-16-7-1-2-10-18(16)19)26-21-13-4-3-11-20(21)24-27-22(28-30-24)17-9-6-14-25-15-17/h1-15H,(H,26,29). The second-order valence-corrected chi connectivity index (χ2v) is 6.69. The van der Waals surface area contributed by atoms with Crippen molar-refractivity contribution in [3.63, 3.8) is 0 Å². The Bertz CT molecular complexity index is 1340. The van der Waals surface area contributed by atoms with Gasteiger partial charge >= 0.3 is 0 Å². The Morgan fingerprint density at radius 2 is 1.70 bits per heavy atom. The van der Waals surface area contributed by atoms with Gasteiger partial charge in [0.2, 0.25) is 5.82 Å². The van der Waals surface area contributed by atoms with Gasteiger partial charge in [-0.05, 0) is 41.1 Å². The summed E-state index contributed by atoms with van der Waals surface area (Å²) >= 11 is 0. The Labute approximate surface area is 172 Å². The third-order valence-corrected chi connectivity index (χ3v) is 4.79. The number of carbonyl (C=O) groups excluding carboxylic acids is 1. The van der Waals surface area contributed by atoms with E-state index in [0.29, 0.717) is 28.5 Å². The average molecular weight is 392 g/mol. The molecule has 0 saturated carbocycles. The summed E-state index contributed by atoms with van der Waals surface area (Å²) < 4.78 is 5.46. The van der Waals surface area contributed by atoms with Crippen molar-refractivity contribution < 1.29 is 9.32 Å². The number of pyridine rings is 1. The number of nitrogens with zero attached hydrogens (tertiary/aromatic N) is 3. The number of anilines is 1. The number of nitrogens with one attached hydrogen (secondary N) is 1. The molecular formula is C24H16N4O2. The molecule has 3 aromatic carbocycles. The Balaban J connectivity index is 1.49. The smallest absolute Gasteiger partial charge is 0.260 e. The summed E-state index contributed by atoms with van der Waals surface area (Å²) in [5, 5.41) is 8.94. The molecule has 0 unspecified atom stereocenters. The average Bonchev–Trinajstić information content (AvgIpc) is 3.30. The first-order valence-electron chi connectivity index (χ1n) is 9.42. The van der Waals surface area contributed by atoms with Crippen LogP contribution in [0.4, 0.5) is 5.69 Å². The molecule has 0 atom stereocenters. The predicted molar refractivity (Wildman–Crippen MR) is 115 cm³/mol. The van der Waals surface area contributed by atoms with Crippen LogP contribution in [0.3, 0.4) is 0 Å². The molecule has 0 fully saturated rings. The lowest BCUT2D eigenvalue weighted by atomic mass is 10.0. The largest absolute Gasteiger partial charge is 0.334 e. The summed E-state index contributed by atoms with van der Waals surface area (Å²) in [7, 11) is 0. The second-order valence-electron chi connectivity index (χ2n) is 6.69. The van der Waals surface area contributed by atoms with Gasteiger partial charge in [-0.3, -0.25) is 9.78 Å². The van der Waals surface area contributed by atoms with Crippen LogP contribution in [0.5, 0.6) is 0 Å². The van der Waals surface area contributed by atoms with Crippen molar-refractivity contribution in [2.45, 2.75) is 0 Å². The molecule has 6 heteroatoms. The van der Waals surface area contributed by atoms with Gasteiger partial charge in [-0.2, -0.15) is 4.98 Å². The Hall–Kier alpha value is -4.32. The predicted octanol–water partition coefficient (Wildman–Crippen LogP) is 5.20. The monoisotopic (exact) mass is 392 g/mol. The van der Waals surface area contributed by atoms with Crippen LogP contribution >= 0.6 is 0 Å². The molecule has 0 spiro atoms. The van der Waals surface area contributed by atoms with Crippen molar-refractivity contribution in [2.75, 3.05) is 5.32 Å². The van der Waals surface area contributed by atoms with E-state index in [2.05, 4.69) is 20.4 Å². The van der Waals surface area contributed by atoms with E-state index in [-0.39, 0.29) is 5.91 Å². The Morgan fingerprint density at radius 3 is 2.60 bits per heavy atom. The highest BCUT2D eigenvalue weighted by molar-refractivity contribution is 6.13. The maximum atomic E-state index is 13.1. The van der Waals surface area contributed by atoms with Crippen molar-refractivity contribution in [1.82, 2.24) is 15.1 Å². The zero-order chi connectivity index (χ0) is 20.3. The fourth-order valence-electron chi connectivity index (χ4n) is 3.34. The SMILES string of the molecule is O=C(Nc1ccccc1-c1nc(-c2cccnc2)no1)c1cccc2ccccc12. The minimum Gasteiger partial charge on any atom is -0.334 e. The normalized spacial score (nSPS) is 10.8. The highest BCUT2D eigenvalue weighted by atomic mass is 16.5. The van der Waals surface area contributed by atoms with E-state index in [1.54, 1.807) is 12.4 Å². The van der Waals surface area contributed by atoms with Gasteiger partial charge in [0, 0.05) is 23.5 Å². The molecular weight excluding hydrogens is 376 g/mol. The fourth-order valence-corrected chi connectivity index (χ4v) is 3.34. The molecule has 2 aromatic heterocycles. The van der Waals surface area contributed by atoms with Crippen LogP contribution < -0.4 is 5.32 Å². The van der Waals surface area contributed by atoms with E-state index in [4.69, 9.17) is 4.52 Å². The number of amides is 1. The van der Waals surface area contributed by atoms with Crippen LogP contribution in [0.25, 0.3) is 33.6 Å². The first kappa shape index (κ1) is 17.8. The summed E-state index contributed by atoms with van der Waals surface area (Å²) in [4.78, 5) is 21.6. The van der Waals surface area contributed by atoms with Gasteiger partial charge in [-0.1, -0.05) is 53.7 Å². The summed E-state index contributed by atoms with van der Waals surface area (Å²) in [5.41, 5.74) is 2.60. The Morgan fingerprint density at radius 1 is 0.867 bits per heavy atom. The van der Waals surface area contributed by atoms with Gasteiger partial charge in [-0.25, -0.2) is 0 Å². The van der Waals surface area contributed by atoms with Crippen LogP contribution in [-0.4, -0.2) is 21.0 Å². The summed E-state index contributed by atoms with van der Waals surface area (Å²) in [5.74, 6) is 0.558. The molecule has 5 rings (SSSR count). The molecule has 0 aliphatic rings. The van der Waals surface area contributed by atoms with Crippen LogP contribution in [0, 0.1) is 0 Å². The second kappa shape index (κ2) is 7.60. The molecule has 2 heterocycles. The zero-order valence-electron chi connectivity index (χ0n) is 15.8. The highest BCUT2D eigenvalue weighted by Gasteiger charge is 2.17. The fraction of sp³-hybridized carbons (Fsp3) is 0. The third-order valence-electron chi connectivity index (χ3n) is 4.79. The molecule has 0 aliphatic heterocycles. The first-order valence-corrected chi connectivity index (χ1v) is 9.42. The maximum absolute atomic E-state index is 13.1. The molecule has 0 radical (unpaired) electrons. The minimum atomic E-state index is -0.203. The van der Waals surface area contributed by atoms with Crippen molar-refractivity contribution >= 4 is 22.4 Å². The summed E-state index contributed by atoms with van der Waals surface area (Å²) in [6, 6.07) is 24.5. The van der Waals surface area contributed by atoms with Crippen molar-refractivity contribution in [3.05, 3.63) is 96.8 Å². The van der Waals surface area contributed by atoms with Gasteiger partial charge < -0.3 is 9.84 Å². The number of fused-ring (bicyclic) bond motifs is 1. The molecule has 5 aromatic rings. The topological polar surface area (TPSA) is 80.9 Å². The number of hydrogen-bond donors (Lipinski definition) is 1. The van der Waals surface area contributed by atoms with E-state index in [1.807, 2.05) is 78.9 Å². The lowest BCUT2D eigenvalue weighted by Crippen LogP contribution is -2.13. The van der Waals surface area contributed by atoms with E-state index in [9.17, 15) is 4.79 Å². The first-order chi connectivity index (χ1) is 14.8. The molecule has 1 amide bonds. The quantitative estimate of drug-likeness (QED) is 0.454. The molecule has 144 valence electrons. The number of carbonyl (C=O) groups is 1. The van der Waals surface area contributed by atoms with Gasteiger partial charge in [-0.15, -0.1) is 0 Å². The van der Waals surface area contributed by atoms with Gasteiger partial charge in [0.15, 0.2) is 0 Å². The van der Waals surface area contributed by atoms with E-state index in [1.165, 1.54) is 0 Å². The van der Waals surface area contributed by atoms with E-state index >= 15 is 0 Å². The van der Waals surface area contributed by atoms with Gasteiger partial charge in [0.05, 0.1) is 11.3 Å². The van der Waals surface area contributed by atoms with Crippen LogP contribution in [0.2, 0.25) is 0 Å². The minimum absolute atomic E-state index is 0.203. The lowest BCUT2D eigenvalue weighted by Gasteiger charge is -2.10. The van der Waals surface area contributed by atoms with Crippen molar-refractivity contribution in [1.29, 1.82) is 0 Å². The Kier molecular flexibility index (Phi) is 4.50. The molecule has 1 N–H and O–H groups in total. The lowest BCUT2D eigenvalue weighted by molar-refractivity contribution is 0.102. The van der Waals surface area contributed by atoms with Gasteiger partial charge in [0.1, 0.15) is 0 Å². The third kappa shape index (κ3) is 3.31. The summed E-state index contributed by atoms with van der Waals surface area (Å²) in [6.07, 6.45) is 3.35. The van der Waals surface area contributed by atoms with Crippen molar-refractivity contribution in [2.24, 2.45) is 0 Å². The zero-order valence-corrected chi connectivity index (χ0v) is 15.8. The highest BCUT2D eigenvalue weighted by Crippen LogP contribution is 2.29. The molecule has 0 bridgehead atoms. The number of hydrogen-bond acceptors (Lipinski definition) is 5. The number of benzene rings is 3. The van der Waals surface area contributed by atoms with E-state index < -0.39 is 0 Å². The number of rotatable bonds is 4. The molecule has 30 heavy (non-hydrogen) atoms. The molecule has 0 aliphatic carbocycles. The molecule has 6 nitrogen and oxygen atoms in total. The van der Waals surface area contributed by atoms with Crippen LogP contribution in [0.15, 0.2) is 95.8 Å². The summed E-state index contributed by atoms with van der Waals surface area (Å²) in [6.45, 7) is 0. The van der Waals surface area contributed by atoms with Gasteiger partial charge in [0.25, 0.3) is 11.8 Å². The number of para-hydroxylation sites is 1. The van der Waals surface area contributed by atoms with Crippen molar-refractivity contribution in [3.8, 4) is 22.8 Å². The maximum Gasteiger partial charge on any atom is 0.260 e. The molecule has 0 saturated heterocycles. The number of aromatic nitrogens is 3. The van der Waals surface area contributed by atoms with Crippen LogP contribution in [0.1, 0.15) is 10.4 Å². The van der Waals surface area contributed by atoms with Crippen LogP contribution in [-0.2, 0) is 0 Å².